The van der Waals surface area contributed by atoms with Crippen LogP contribution >= 0.6 is 0 Å². The highest BCUT2D eigenvalue weighted by Crippen LogP contribution is 2.15. The number of nitrogens with two attached hydrogens (primary N) is 2. The second-order valence-electron chi connectivity index (χ2n) is 8.58. The summed E-state index contributed by atoms with van der Waals surface area (Å²) in [7, 11) is 3.45. The summed E-state index contributed by atoms with van der Waals surface area (Å²) in [5.41, 5.74) is 11.7. The van der Waals surface area contributed by atoms with Gasteiger partial charge in [-0.2, -0.15) is 4.99 Å². The van der Waals surface area contributed by atoms with Crippen LogP contribution in [0.2, 0.25) is 0 Å². The van der Waals surface area contributed by atoms with E-state index in [1.807, 2.05) is 37.3 Å². The van der Waals surface area contributed by atoms with Gasteiger partial charge >= 0.3 is 5.97 Å². The van der Waals surface area contributed by atoms with Crippen LogP contribution in [0.5, 0.6) is 5.75 Å². The summed E-state index contributed by atoms with van der Waals surface area (Å²) in [6.45, 7) is 4.81. The maximum atomic E-state index is 12.8. The number of benzene rings is 2. The van der Waals surface area contributed by atoms with Gasteiger partial charge < -0.3 is 30.9 Å². The maximum Gasteiger partial charge on any atom is 0.333 e. The standard InChI is InChI=1S/C23H26N2O5.C4H11N5/c1-3-21-24-19-8-6-5-7-18(19)22(26)25(21)13-14-30-17-11-9-16(10-12-17)15-20(23(27)28)29-4-2;1-9(2)4(7)8-3(5)6/h5-12,20H,3-4,13-15H2,1-2H3,(H,27,28);1-2H3,(H5,5,6,7,8). The predicted molar refractivity (Wildman–Crippen MR) is 151 cm³/mol. The Morgan fingerprint density at radius 3 is 2.36 bits per heavy atom. The lowest BCUT2D eigenvalue weighted by Crippen LogP contribution is -2.32. The third kappa shape index (κ3) is 9.42. The molecule has 2 aromatic carbocycles. The number of aryl methyl sites for hydroxylation is 1. The number of aliphatic imine (C=N–C) groups is 1. The second kappa shape index (κ2) is 15.1. The molecular weight excluding hydrogens is 502 g/mol. The lowest BCUT2D eigenvalue weighted by molar-refractivity contribution is -0.149. The summed E-state index contributed by atoms with van der Waals surface area (Å²) in [6, 6.07) is 14.6. The number of rotatable bonds is 10. The fourth-order valence-electron chi connectivity index (χ4n) is 3.55. The molecule has 12 heteroatoms. The molecule has 0 saturated carbocycles. The van der Waals surface area contributed by atoms with E-state index in [2.05, 4.69) is 9.98 Å². The number of carboxylic acids is 1. The third-order valence-electron chi connectivity index (χ3n) is 5.52. The van der Waals surface area contributed by atoms with Gasteiger partial charge in [0.1, 0.15) is 18.2 Å². The van der Waals surface area contributed by atoms with E-state index in [4.69, 9.17) is 26.4 Å². The van der Waals surface area contributed by atoms with Crippen LogP contribution < -0.4 is 21.8 Å². The molecule has 210 valence electrons. The van der Waals surface area contributed by atoms with E-state index in [0.29, 0.717) is 49.3 Å². The number of para-hydroxylation sites is 1. The van der Waals surface area contributed by atoms with Crippen molar-refractivity contribution >= 4 is 28.8 Å². The minimum atomic E-state index is -0.974. The average Bonchev–Trinajstić information content (AvgIpc) is 2.90. The fraction of sp³-hybridized carbons (Fsp3) is 0.370. The molecule has 0 aliphatic rings. The molecule has 0 fully saturated rings. The lowest BCUT2D eigenvalue weighted by Gasteiger charge is -2.14. The first-order chi connectivity index (χ1) is 18.6. The van der Waals surface area contributed by atoms with Gasteiger partial charge in [-0.25, -0.2) is 9.78 Å². The summed E-state index contributed by atoms with van der Waals surface area (Å²) in [6.07, 6.45) is 0.0855. The van der Waals surface area contributed by atoms with Crippen LogP contribution in [0, 0.1) is 5.41 Å². The Morgan fingerprint density at radius 2 is 1.82 bits per heavy atom. The molecule has 0 aliphatic heterocycles. The van der Waals surface area contributed by atoms with Gasteiger partial charge in [0, 0.05) is 33.5 Å². The Labute approximate surface area is 227 Å². The number of fused-ring (bicyclic) bond motifs is 1. The number of aromatic nitrogens is 2. The number of hydrogen-bond donors (Lipinski definition) is 4. The first-order valence-electron chi connectivity index (χ1n) is 12.5. The number of aliphatic carboxylic acids is 1. The van der Waals surface area contributed by atoms with Gasteiger partial charge in [0.2, 0.25) is 5.96 Å². The second-order valence-corrected chi connectivity index (χ2v) is 8.58. The number of carboxylic acid groups (broad SMARTS) is 1. The number of ether oxygens (including phenoxy) is 2. The average molecular weight is 540 g/mol. The van der Waals surface area contributed by atoms with Crippen LogP contribution in [-0.2, 0) is 28.9 Å². The molecule has 6 N–H and O–H groups in total. The molecule has 0 aliphatic carbocycles. The smallest absolute Gasteiger partial charge is 0.333 e. The van der Waals surface area contributed by atoms with E-state index >= 15 is 0 Å². The molecular formula is C27H37N7O5. The summed E-state index contributed by atoms with van der Waals surface area (Å²) in [4.78, 5) is 33.7. The van der Waals surface area contributed by atoms with Crippen LogP contribution in [-0.4, -0.2) is 70.9 Å². The summed E-state index contributed by atoms with van der Waals surface area (Å²) >= 11 is 0. The first-order valence-corrected chi connectivity index (χ1v) is 12.5. The first kappa shape index (κ1) is 30.8. The van der Waals surface area contributed by atoms with E-state index in [0.717, 1.165) is 11.4 Å². The largest absolute Gasteiger partial charge is 0.492 e. The van der Waals surface area contributed by atoms with Gasteiger partial charge in [-0.15, -0.1) is 0 Å². The van der Waals surface area contributed by atoms with Crippen molar-refractivity contribution in [3.63, 3.8) is 0 Å². The summed E-state index contributed by atoms with van der Waals surface area (Å²) in [5, 5.41) is 16.5. The van der Waals surface area contributed by atoms with Gasteiger partial charge in [0.15, 0.2) is 12.1 Å². The van der Waals surface area contributed by atoms with E-state index in [1.165, 1.54) is 0 Å². The quantitative estimate of drug-likeness (QED) is 0.221. The molecule has 1 atom stereocenters. The molecule has 0 saturated heterocycles. The van der Waals surface area contributed by atoms with Gasteiger partial charge in [0.05, 0.1) is 17.4 Å². The van der Waals surface area contributed by atoms with Crippen LogP contribution in [0.15, 0.2) is 58.3 Å². The zero-order valence-electron chi connectivity index (χ0n) is 22.8. The number of carbonyl (C=O) groups is 1. The van der Waals surface area contributed by atoms with Gasteiger partial charge in [-0.1, -0.05) is 31.2 Å². The number of hydrogen-bond acceptors (Lipinski definition) is 6. The van der Waals surface area contributed by atoms with E-state index in [9.17, 15) is 14.7 Å². The van der Waals surface area contributed by atoms with Crippen molar-refractivity contribution in [1.82, 2.24) is 14.5 Å². The highest BCUT2D eigenvalue weighted by Gasteiger charge is 2.18. The topological polar surface area (TPSA) is 182 Å². The highest BCUT2D eigenvalue weighted by molar-refractivity contribution is 5.91. The summed E-state index contributed by atoms with van der Waals surface area (Å²) < 4.78 is 12.7. The van der Waals surface area contributed by atoms with Crippen molar-refractivity contribution in [3.8, 4) is 5.75 Å². The molecule has 3 rings (SSSR count). The number of nitrogens with one attached hydrogen (secondary N) is 1. The Kier molecular flexibility index (Phi) is 11.9. The van der Waals surface area contributed by atoms with Gasteiger partial charge in [-0.3, -0.25) is 14.8 Å². The zero-order valence-corrected chi connectivity index (χ0v) is 22.8. The Morgan fingerprint density at radius 1 is 1.15 bits per heavy atom. The Bertz CT molecular complexity index is 1340. The van der Waals surface area contributed by atoms with Crippen molar-refractivity contribution in [2.45, 2.75) is 39.3 Å². The Balaban J connectivity index is 0.000000510. The molecule has 39 heavy (non-hydrogen) atoms. The molecule has 1 aromatic heterocycles. The molecule has 0 amide bonds. The third-order valence-corrected chi connectivity index (χ3v) is 5.52. The normalized spacial score (nSPS) is 11.8. The zero-order chi connectivity index (χ0) is 28.9. The van der Waals surface area contributed by atoms with Gasteiger partial charge in [-0.05, 0) is 36.8 Å². The van der Waals surface area contributed by atoms with E-state index in [-0.39, 0.29) is 17.5 Å². The molecule has 1 unspecified atom stereocenters. The van der Waals surface area contributed by atoms with Crippen LogP contribution in [0.4, 0.5) is 0 Å². The van der Waals surface area contributed by atoms with E-state index in [1.54, 1.807) is 48.7 Å². The molecule has 1 heterocycles. The van der Waals surface area contributed by atoms with Crippen LogP contribution in [0.25, 0.3) is 10.9 Å². The molecule has 12 nitrogen and oxygen atoms in total. The minimum Gasteiger partial charge on any atom is -0.492 e. The van der Waals surface area contributed by atoms with Crippen LogP contribution in [0.1, 0.15) is 25.2 Å². The minimum absolute atomic E-state index is 0.0629. The number of nitrogens with zero attached hydrogens (tertiary/aromatic N) is 4. The Hall–Kier alpha value is -4.45. The fourth-order valence-corrected chi connectivity index (χ4v) is 3.55. The molecule has 0 bridgehead atoms. The lowest BCUT2D eigenvalue weighted by atomic mass is 10.1. The molecule has 3 aromatic rings. The molecule has 0 spiro atoms. The van der Waals surface area contributed by atoms with Crippen molar-refractivity contribution in [3.05, 3.63) is 70.3 Å². The van der Waals surface area contributed by atoms with Crippen molar-refractivity contribution in [2.24, 2.45) is 16.5 Å². The molecule has 0 radical (unpaired) electrons. The monoisotopic (exact) mass is 539 g/mol. The highest BCUT2D eigenvalue weighted by atomic mass is 16.5. The number of guanidine groups is 2. The van der Waals surface area contributed by atoms with Gasteiger partial charge in [0.25, 0.3) is 5.56 Å². The predicted octanol–water partition coefficient (Wildman–Crippen LogP) is 1.83. The maximum absolute atomic E-state index is 12.8. The SMILES string of the molecule is CCOC(Cc1ccc(OCCn2c(CC)nc3ccccc3c2=O)cc1)C(=O)O.CN(C)C(N)=NC(=N)N. The van der Waals surface area contributed by atoms with Crippen molar-refractivity contribution in [1.29, 1.82) is 5.41 Å². The van der Waals surface area contributed by atoms with Crippen molar-refractivity contribution < 1.29 is 19.4 Å². The van der Waals surface area contributed by atoms with E-state index < -0.39 is 12.1 Å². The van der Waals surface area contributed by atoms with Crippen LogP contribution in [0.3, 0.4) is 0 Å². The summed E-state index contributed by atoms with van der Waals surface area (Å²) in [5.74, 6) is 0.372. The van der Waals surface area contributed by atoms with Crippen molar-refractivity contribution in [2.75, 3.05) is 27.3 Å².